The van der Waals surface area contributed by atoms with Gasteiger partial charge in [-0.3, -0.25) is 4.55 Å². The lowest BCUT2D eigenvalue weighted by atomic mass is 9.87. The van der Waals surface area contributed by atoms with Crippen molar-refractivity contribution in [2.75, 3.05) is 13.1 Å². The smallest absolute Gasteiger partial charge is 0.294 e. The van der Waals surface area contributed by atoms with Crippen molar-refractivity contribution < 1.29 is 30.7 Å². The Balaban J connectivity index is 1.82. The number of hydrogen-bond acceptors (Lipinski definition) is 6. The van der Waals surface area contributed by atoms with Crippen LogP contribution in [0.15, 0.2) is 50.7 Å². The van der Waals surface area contributed by atoms with E-state index < -0.39 is 30.0 Å². The molecule has 3 aromatic rings. The summed E-state index contributed by atoms with van der Waals surface area (Å²) in [6.45, 7) is 1.89. The molecule has 0 spiro atoms. The van der Waals surface area contributed by atoms with Crippen LogP contribution < -0.4 is 19.9 Å². The van der Waals surface area contributed by atoms with Crippen molar-refractivity contribution >= 4 is 53.3 Å². The zero-order valence-electron chi connectivity index (χ0n) is 19.1. The zero-order valence-corrected chi connectivity index (χ0v) is 23.1. The van der Waals surface area contributed by atoms with Crippen LogP contribution in [0.3, 0.4) is 0 Å². The van der Waals surface area contributed by atoms with E-state index in [2.05, 4.69) is 20.5 Å². The summed E-state index contributed by atoms with van der Waals surface area (Å²) in [5.41, 5.74) is 3.04. The first-order valence-corrected chi connectivity index (χ1v) is 15.5. The van der Waals surface area contributed by atoms with Crippen molar-refractivity contribution in [3.05, 3.63) is 78.7 Å². The van der Waals surface area contributed by atoms with E-state index >= 15 is 0 Å². The van der Waals surface area contributed by atoms with Crippen LogP contribution in [-0.4, -0.2) is 39.0 Å². The van der Waals surface area contributed by atoms with Crippen molar-refractivity contribution in [2.45, 2.75) is 35.5 Å². The standard InChI is InChI=1S/C25H19BrClNO7S2/c26-19-11-17-21(12-20(19)27)35-25-16-4-2-8-28-7-1-3-13(24(16)28)9-18(25)23(17)15-6-5-14(36(29,30)31)10-22(15)37(32,33)34/h5-6,9-12H,1-4,7-8H2,(H-,29,30,31,32,33,34). The van der Waals surface area contributed by atoms with Gasteiger partial charge in [-0.2, -0.15) is 8.42 Å². The van der Waals surface area contributed by atoms with E-state index in [1.807, 2.05) is 6.07 Å². The minimum absolute atomic E-state index is 0.0121. The molecule has 3 heterocycles. The molecule has 0 saturated heterocycles. The molecule has 0 aliphatic carbocycles. The lowest BCUT2D eigenvalue weighted by Crippen LogP contribution is -2.45. The summed E-state index contributed by atoms with van der Waals surface area (Å²) in [5, 5.41) is 2.14. The molecule has 8 nitrogen and oxygen atoms in total. The minimum Gasteiger partial charge on any atom is -0.744 e. The molecule has 0 fully saturated rings. The Morgan fingerprint density at radius 1 is 1.00 bits per heavy atom. The average molecular weight is 625 g/mol. The predicted octanol–water partition coefficient (Wildman–Crippen LogP) is 2.99. The number of benzene rings is 3. The quantitative estimate of drug-likeness (QED) is 0.275. The average Bonchev–Trinajstić information content (AvgIpc) is 2.83. The number of halogens is 2. The highest BCUT2D eigenvalue weighted by molar-refractivity contribution is 9.10. The molecular formula is C25H19BrClNO7S2. The van der Waals surface area contributed by atoms with E-state index in [0.29, 0.717) is 43.4 Å². The Kier molecular flexibility index (Phi) is 5.83. The highest BCUT2D eigenvalue weighted by Crippen LogP contribution is 2.43. The number of fused-ring (bicyclic) bond motifs is 3. The maximum absolute atomic E-state index is 12.4. The molecule has 0 saturated carbocycles. The second-order valence-electron chi connectivity index (χ2n) is 9.26. The van der Waals surface area contributed by atoms with Crippen LogP contribution in [0.1, 0.15) is 35.1 Å². The summed E-state index contributed by atoms with van der Waals surface area (Å²) >= 11 is 9.80. The molecule has 3 aliphatic rings. The Hall–Kier alpha value is -2.28. The number of ether oxygens (including phenoxy) is 1. The first kappa shape index (κ1) is 25.0. The van der Waals surface area contributed by atoms with Crippen molar-refractivity contribution in [1.82, 2.24) is 4.58 Å². The van der Waals surface area contributed by atoms with Gasteiger partial charge in [0.2, 0.25) is 5.36 Å². The molecule has 6 rings (SSSR count). The topological polar surface area (TPSA) is 124 Å². The fourth-order valence-electron chi connectivity index (χ4n) is 5.56. The van der Waals surface area contributed by atoms with Gasteiger partial charge in [0.05, 0.1) is 20.4 Å². The van der Waals surface area contributed by atoms with Crippen molar-refractivity contribution in [2.24, 2.45) is 0 Å². The fraction of sp³-hybridized carbons (Fsp3) is 0.240. The summed E-state index contributed by atoms with van der Waals surface area (Å²) in [6.07, 6.45) is 3.51. The number of aryl methyl sites for hydroxylation is 1. The summed E-state index contributed by atoms with van der Waals surface area (Å²) in [7, 11) is -9.91. The molecule has 192 valence electrons. The van der Waals surface area contributed by atoms with Gasteiger partial charge in [0.25, 0.3) is 10.1 Å². The fourth-order valence-corrected chi connectivity index (χ4v) is 7.35. The predicted molar refractivity (Wildman–Crippen MR) is 138 cm³/mol. The van der Waals surface area contributed by atoms with E-state index in [-0.39, 0.29) is 5.56 Å². The third-order valence-corrected chi connectivity index (χ3v) is 9.96. The molecule has 0 aromatic heterocycles. The van der Waals surface area contributed by atoms with Crippen LogP contribution in [0.5, 0.6) is 11.5 Å². The molecule has 3 aromatic carbocycles. The van der Waals surface area contributed by atoms with Crippen LogP contribution in [0.4, 0.5) is 0 Å². The van der Waals surface area contributed by atoms with Gasteiger partial charge in [0.1, 0.15) is 34.7 Å². The van der Waals surface area contributed by atoms with Crippen molar-refractivity contribution in [3.8, 4) is 11.5 Å². The molecule has 37 heavy (non-hydrogen) atoms. The second kappa shape index (κ2) is 8.62. The second-order valence-corrected chi connectivity index (χ2v) is 13.3. The summed E-state index contributed by atoms with van der Waals surface area (Å²) in [6, 6.07) is 8.30. The van der Waals surface area contributed by atoms with Crippen LogP contribution >= 0.6 is 27.5 Å². The van der Waals surface area contributed by atoms with Crippen LogP contribution in [-0.2, 0) is 33.1 Å². The highest BCUT2D eigenvalue weighted by atomic mass is 79.9. The molecule has 0 bridgehead atoms. The molecule has 0 unspecified atom stereocenters. The lowest BCUT2D eigenvalue weighted by molar-refractivity contribution is 0.437. The summed E-state index contributed by atoms with van der Waals surface area (Å²) in [5.74, 6) is 0.951. The molecule has 3 aliphatic heterocycles. The van der Waals surface area contributed by atoms with E-state index in [0.717, 1.165) is 61.3 Å². The van der Waals surface area contributed by atoms with Gasteiger partial charge in [0, 0.05) is 50.9 Å². The number of nitrogens with zero attached hydrogens (tertiary/aromatic N) is 1. The Labute approximate surface area is 226 Å². The lowest BCUT2D eigenvalue weighted by Gasteiger charge is -2.27. The Morgan fingerprint density at radius 3 is 2.43 bits per heavy atom. The van der Waals surface area contributed by atoms with Crippen molar-refractivity contribution in [3.63, 3.8) is 0 Å². The first-order valence-electron chi connectivity index (χ1n) is 11.5. The first-order chi connectivity index (χ1) is 17.4. The maximum Gasteiger partial charge on any atom is 0.294 e. The highest BCUT2D eigenvalue weighted by Gasteiger charge is 2.32. The van der Waals surface area contributed by atoms with Gasteiger partial charge in [-0.25, -0.2) is 13.0 Å². The number of rotatable bonds is 3. The normalized spacial score (nSPS) is 16.5. The number of hydrogen-bond donors (Lipinski definition) is 1. The van der Waals surface area contributed by atoms with Crippen LogP contribution in [0.2, 0.25) is 5.02 Å². The third kappa shape index (κ3) is 4.12. The monoisotopic (exact) mass is 623 g/mol. The minimum atomic E-state index is -5.15. The molecule has 1 N–H and O–H groups in total. The van der Waals surface area contributed by atoms with Crippen molar-refractivity contribution in [1.29, 1.82) is 0 Å². The third-order valence-electron chi connectivity index (χ3n) is 7.04. The van der Waals surface area contributed by atoms with Gasteiger partial charge >= 0.3 is 0 Å². The van der Waals surface area contributed by atoms with E-state index in [1.54, 1.807) is 12.1 Å². The molecule has 12 heteroatoms. The zero-order chi connectivity index (χ0) is 26.3. The van der Waals surface area contributed by atoms with Gasteiger partial charge in [0.15, 0.2) is 0 Å². The van der Waals surface area contributed by atoms with E-state index in [1.165, 1.54) is 6.07 Å². The molecule has 0 amide bonds. The Morgan fingerprint density at radius 2 is 1.73 bits per heavy atom. The molecule has 0 radical (unpaired) electrons. The van der Waals surface area contributed by atoms with Crippen LogP contribution in [0.25, 0.3) is 5.57 Å². The Bertz CT molecular complexity index is 1880. The van der Waals surface area contributed by atoms with Crippen LogP contribution in [0, 0.1) is 0 Å². The van der Waals surface area contributed by atoms with Gasteiger partial charge in [-0.1, -0.05) is 17.7 Å². The van der Waals surface area contributed by atoms with Gasteiger partial charge in [-0.15, -0.1) is 0 Å². The van der Waals surface area contributed by atoms with Gasteiger partial charge in [-0.05, 0) is 53.0 Å². The van der Waals surface area contributed by atoms with E-state index in [4.69, 9.17) is 16.3 Å². The maximum atomic E-state index is 12.4. The SMILES string of the molecule is O=S(=O)([O-])c1cc(S(=O)(=O)O)ccc1C1=c2cc3c4c(c2Oc2cc(Cl)c(Br)cc21)CCC[N+]=4CCC3. The largest absolute Gasteiger partial charge is 0.744 e. The summed E-state index contributed by atoms with van der Waals surface area (Å²) < 4.78 is 79.6. The molecular weight excluding hydrogens is 606 g/mol. The summed E-state index contributed by atoms with van der Waals surface area (Å²) in [4.78, 5) is -1.44. The molecule has 0 atom stereocenters. The van der Waals surface area contributed by atoms with Gasteiger partial charge < -0.3 is 9.29 Å². The van der Waals surface area contributed by atoms with E-state index in [9.17, 15) is 25.9 Å².